The summed E-state index contributed by atoms with van der Waals surface area (Å²) < 4.78 is 16.3. The minimum atomic E-state index is -0.187. The van der Waals surface area contributed by atoms with Gasteiger partial charge >= 0.3 is 5.97 Å². The number of hydrogen-bond donors (Lipinski definition) is 0. The van der Waals surface area contributed by atoms with Crippen LogP contribution in [0.5, 0.6) is 5.75 Å². The number of oxazole rings is 1. The fraction of sp³-hybridized carbons (Fsp3) is 0.538. The summed E-state index contributed by atoms with van der Waals surface area (Å²) in [5.41, 5.74) is 1.75. The van der Waals surface area contributed by atoms with Crippen molar-refractivity contribution < 1.29 is 28.3 Å². The summed E-state index contributed by atoms with van der Waals surface area (Å²) in [5, 5.41) is 0. The van der Waals surface area contributed by atoms with Crippen LogP contribution < -0.4 is 9.64 Å². The molecule has 2 amide bonds. The molecule has 3 heterocycles. The zero-order chi connectivity index (χ0) is 25.7. The first-order valence-corrected chi connectivity index (χ1v) is 12.5. The molecule has 10 nitrogen and oxygen atoms in total. The Labute approximate surface area is 211 Å². The number of carbonyl (C=O) groups is 3. The summed E-state index contributed by atoms with van der Waals surface area (Å²) in [6.45, 7) is 6.64. The fourth-order valence-corrected chi connectivity index (χ4v) is 4.75. The van der Waals surface area contributed by atoms with Gasteiger partial charge in [0.2, 0.25) is 11.8 Å². The van der Waals surface area contributed by atoms with Crippen LogP contribution in [0.4, 0.5) is 5.69 Å². The van der Waals surface area contributed by atoms with Gasteiger partial charge in [-0.25, -0.2) is 4.98 Å². The summed E-state index contributed by atoms with van der Waals surface area (Å²) in [4.78, 5) is 47.4. The number of aromatic nitrogens is 1. The molecule has 1 aromatic heterocycles. The van der Waals surface area contributed by atoms with Crippen molar-refractivity contribution in [3.05, 3.63) is 30.3 Å². The SMILES string of the molecule is CCOC(=O)C1CCN(C(=O)CN2CCN(c3ccc(-c4cnc(C)o4)c(OC)c3)CCC2=O)CC1. The van der Waals surface area contributed by atoms with Crippen LogP contribution in [0, 0.1) is 12.8 Å². The molecular formula is C26H34N4O6. The highest BCUT2D eigenvalue weighted by atomic mass is 16.5. The molecule has 2 aliphatic rings. The van der Waals surface area contributed by atoms with Gasteiger partial charge in [0.15, 0.2) is 11.7 Å². The van der Waals surface area contributed by atoms with Crippen molar-refractivity contribution >= 4 is 23.5 Å². The van der Waals surface area contributed by atoms with Crippen molar-refractivity contribution in [2.75, 3.05) is 57.9 Å². The Bertz CT molecular complexity index is 1090. The van der Waals surface area contributed by atoms with Crippen molar-refractivity contribution in [1.29, 1.82) is 0 Å². The third-order valence-electron chi connectivity index (χ3n) is 6.82. The molecule has 0 aliphatic carbocycles. The van der Waals surface area contributed by atoms with Crippen molar-refractivity contribution in [2.45, 2.75) is 33.1 Å². The molecule has 2 aromatic rings. The molecule has 0 bridgehead atoms. The number of anilines is 1. The van der Waals surface area contributed by atoms with E-state index >= 15 is 0 Å². The number of rotatable bonds is 7. The zero-order valence-corrected chi connectivity index (χ0v) is 21.2. The van der Waals surface area contributed by atoms with Gasteiger partial charge in [-0.05, 0) is 31.9 Å². The highest BCUT2D eigenvalue weighted by molar-refractivity contribution is 5.85. The minimum absolute atomic E-state index is 0.0343. The van der Waals surface area contributed by atoms with Crippen LogP contribution in [0.3, 0.4) is 0 Å². The molecular weight excluding hydrogens is 464 g/mol. The number of piperidine rings is 1. The average Bonchev–Trinajstić information content (AvgIpc) is 3.24. The number of esters is 1. The van der Waals surface area contributed by atoms with Crippen LogP contribution in [0.2, 0.25) is 0 Å². The molecule has 2 saturated heterocycles. The molecule has 0 atom stereocenters. The monoisotopic (exact) mass is 498 g/mol. The normalized spacial score (nSPS) is 17.2. The highest BCUT2D eigenvalue weighted by Crippen LogP contribution is 2.34. The number of ether oxygens (including phenoxy) is 2. The summed E-state index contributed by atoms with van der Waals surface area (Å²) in [6, 6.07) is 5.85. The van der Waals surface area contributed by atoms with Gasteiger partial charge in [0.25, 0.3) is 0 Å². The van der Waals surface area contributed by atoms with Crippen molar-refractivity contribution in [3.63, 3.8) is 0 Å². The van der Waals surface area contributed by atoms with Gasteiger partial charge in [0, 0.05) is 57.8 Å². The lowest BCUT2D eigenvalue weighted by atomic mass is 9.97. The number of nitrogens with zero attached hydrogens (tertiary/aromatic N) is 4. The summed E-state index contributed by atoms with van der Waals surface area (Å²) in [6.07, 6.45) is 3.19. The van der Waals surface area contributed by atoms with Crippen molar-refractivity contribution in [2.24, 2.45) is 5.92 Å². The van der Waals surface area contributed by atoms with E-state index in [0.29, 0.717) is 76.0 Å². The van der Waals surface area contributed by atoms with Gasteiger partial charge in [-0.15, -0.1) is 0 Å². The fourth-order valence-electron chi connectivity index (χ4n) is 4.75. The maximum Gasteiger partial charge on any atom is 0.309 e. The smallest absolute Gasteiger partial charge is 0.309 e. The van der Waals surface area contributed by atoms with E-state index in [4.69, 9.17) is 13.9 Å². The molecule has 1 aromatic carbocycles. The number of hydrogen-bond acceptors (Lipinski definition) is 8. The Kier molecular flexibility index (Phi) is 8.12. The van der Waals surface area contributed by atoms with E-state index in [-0.39, 0.29) is 30.2 Å². The number of likely N-dealkylation sites (tertiary alicyclic amines) is 1. The maximum absolute atomic E-state index is 12.9. The van der Waals surface area contributed by atoms with E-state index in [1.54, 1.807) is 37.0 Å². The number of amides is 2. The first kappa shape index (κ1) is 25.5. The molecule has 0 radical (unpaired) electrons. The molecule has 0 N–H and O–H groups in total. The third kappa shape index (κ3) is 5.80. The first-order chi connectivity index (χ1) is 17.4. The standard InChI is InChI=1S/C26H34N4O6/c1-4-35-26(33)19-7-10-29(11-8-19)25(32)17-30-14-13-28(12-9-24(30)31)20-5-6-21(22(15-20)34-3)23-16-27-18(2)36-23/h5-6,15-16,19H,4,7-14,17H2,1-3H3. The quantitative estimate of drug-likeness (QED) is 0.536. The molecule has 194 valence electrons. The van der Waals surface area contributed by atoms with Crippen LogP contribution in [0.25, 0.3) is 11.3 Å². The van der Waals surface area contributed by atoms with E-state index in [2.05, 4.69) is 9.88 Å². The largest absolute Gasteiger partial charge is 0.496 e. The van der Waals surface area contributed by atoms with Gasteiger partial charge in [-0.1, -0.05) is 0 Å². The Morgan fingerprint density at radius 1 is 1.14 bits per heavy atom. The Morgan fingerprint density at radius 3 is 2.58 bits per heavy atom. The molecule has 2 aliphatic heterocycles. The zero-order valence-electron chi connectivity index (χ0n) is 21.2. The molecule has 0 saturated carbocycles. The Morgan fingerprint density at radius 2 is 1.92 bits per heavy atom. The molecule has 4 rings (SSSR count). The van der Waals surface area contributed by atoms with Crippen LogP contribution in [-0.2, 0) is 19.1 Å². The number of aryl methyl sites for hydroxylation is 1. The lowest BCUT2D eigenvalue weighted by Gasteiger charge is -2.32. The van der Waals surface area contributed by atoms with Crippen LogP contribution in [-0.4, -0.2) is 85.6 Å². The van der Waals surface area contributed by atoms with Crippen molar-refractivity contribution in [1.82, 2.24) is 14.8 Å². The topological polar surface area (TPSA) is 105 Å². The summed E-state index contributed by atoms with van der Waals surface area (Å²) in [7, 11) is 1.61. The van der Waals surface area contributed by atoms with E-state index in [9.17, 15) is 14.4 Å². The van der Waals surface area contributed by atoms with Crippen molar-refractivity contribution in [3.8, 4) is 17.1 Å². The van der Waals surface area contributed by atoms with Crippen LogP contribution in [0.1, 0.15) is 32.1 Å². The molecule has 10 heteroatoms. The average molecular weight is 499 g/mol. The van der Waals surface area contributed by atoms with E-state index in [1.165, 1.54) is 0 Å². The van der Waals surface area contributed by atoms with Crippen LogP contribution in [0.15, 0.2) is 28.8 Å². The molecule has 0 unspecified atom stereocenters. The first-order valence-electron chi connectivity index (χ1n) is 12.5. The van der Waals surface area contributed by atoms with E-state index in [0.717, 1.165) is 11.3 Å². The second-order valence-electron chi connectivity index (χ2n) is 9.09. The van der Waals surface area contributed by atoms with Gasteiger partial charge in [0.1, 0.15) is 5.75 Å². The van der Waals surface area contributed by atoms with Gasteiger partial charge in [-0.2, -0.15) is 0 Å². The Hall–Kier alpha value is -3.56. The van der Waals surface area contributed by atoms with E-state index in [1.807, 2.05) is 18.2 Å². The number of methoxy groups -OCH3 is 1. The van der Waals surface area contributed by atoms with E-state index < -0.39 is 0 Å². The Balaban J connectivity index is 1.35. The minimum Gasteiger partial charge on any atom is -0.496 e. The number of benzene rings is 1. The third-order valence-corrected chi connectivity index (χ3v) is 6.82. The lowest BCUT2D eigenvalue weighted by Crippen LogP contribution is -2.47. The summed E-state index contributed by atoms with van der Waals surface area (Å²) in [5.74, 6) is 1.43. The van der Waals surface area contributed by atoms with Gasteiger partial charge in [0.05, 0.1) is 37.9 Å². The predicted octanol–water partition coefficient (Wildman–Crippen LogP) is 2.50. The van der Waals surface area contributed by atoms with Gasteiger partial charge < -0.3 is 28.6 Å². The summed E-state index contributed by atoms with van der Waals surface area (Å²) >= 11 is 0. The second-order valence-corrected chi connectivity index (χ2v) is 9.09. The molecule has 2 fully saturated rings. The molecule has 0 spiro atoms. The predicted molar refractivity (Wildman–Crippen MR) is 133 cm³/mol. The maximum atomic E-state index is 12.9. The lowest BCUT2D eigenvalue weighted by molar-refractivity contribution is -0.151. The highest BCUT2D eigenvalue weighted by Gasteiger charge is 2.30. The second kappa shape index (κ2) is 11.5. The molecule has 36 heavy (non-hydrogen) atoms. The number of carbonyl (C=O) groups excluding carboxylic acids is 3. The van der Waals surface area contributed by atoms with Gasteiger partial charge in [-0.3, -0.25) is 14.4 Å². The van der Waals surface area contributed by atoms with Crippen LogP contribution >= 0.6 is 0 Å².